The van der Waals surface area contributed by atoms with Gasteiger partial charge in [-0.05, 0) is 12.3 Å². The van der Waals surface area contributed by atoms with Crippen LogP contribution in [0.15, 0.2) is 5.16 Å². The van der Waals surface area contributed by atoms with E-state index in [2.05, 4.69) is 25.9 Å². The van der Waals surface area contributed by atoms with Crippen molar-refractivity contribution in [1.82, 2.24) is 4.90 Å². The number of unbranched alkanes of at least 4 members (excludes halogenated alkanes) is 5. The molecule has 0 radical (unpaired) electrons. The summed E-state index contributed by atoms with van der Waals surface area (Å²) in [4.78, 5) is 14.1. The molecule has 1 amide bonds. The van der Waals surface area contributed by atoms with Crippen molar-refractivity contribution >= 4 is 11.7 Å². The highest BCUT2D eigenvalue weighted by atomic mass is 16.4. The lowest BCUT2D eigenvalue weighted by atomic mass is 10.1. The van der Waals surface area contributed by atoms with E-state index in [1.165, 1.54) is 25.7 Å². The summed E-state index contributed by atoms with van der Waals surface area (Å²) < 4.78 is 0. The molecular formula is C16H33N3O2. The number of carbonyl (C=O) groups is 1. The molecule has 5 nitrogen and oxygen atoms in total. The molecule has 0 aromatic rings. The van der Waals surface area contributed by atoms with Gasteiger partial charge in [0.25, 0.3) is 0 Å². The lowest BCUT2D eigenvalue weighted by molar-refractivity contribution is -0.131. The Morgan fingerprint density at radius 3 is 2.33 bits per heavy atom. The predicted octanol–water partition coefficient (Wildman–Crippen LogP) is 3.36. The van der Waals surface area contributed by atoms with Gasteiger partial charge in [0.15, 0.2) is 0 Å². The fourth-order valence-corrected chi connectivity index (χ4v) is 2.27. The Morgan fingerprint density at radius 2 is 1.76 bits per heavy atom. The Morgan fingerprint density at radius 1 is 1.14 bits per heavy atom. The Bertz CT molecular complexity index is 304. The number of amides is 1. The van der Waals surface area contributed by atoms with Gasteiger partial charge in [0.1, 0.15) is 5.84 Å². The molecule has 0 rings (SSSR count). The third-order valence-corrected chi connectivity index (χ3v) is 3.45. The molecular weight excluding hydrogens is 266 g/mol. The standard InChI is InChI=1S/C16H33N3O2/c1-4-5-6-7-8-9-10-16(20)19(13-14(2)3)12-11-15(17)18-21/h14,21H,4-13H2,1-3H3,(H2,17,18). The van der Waals surface area contributed by atoms with Gasteiger partial charge in [0.05, 0.1) is 0 Å². The largest absolute Gasteiger partial charge is 0.409 e. The van der Waals surface area contributed by atoms with Crippen LogP contribution < -0.4 is 5.73 Å². The van der Waals surface area contributed by atoms with E-state index in [9.17, 15) is 4.79 Å². The van der Waals surface area contributed by atoms with Crippen LogP contribution in [-0.4, -0.2) is 34.9 Å². The van der Waals surface area contributed by atoms with Gasteiger partial charge in [-0.3, -0.25) is 4.79 Å². The third kappa shape index (κ3) is 11.1. The normalized spacial score (nSPS) is 11.9. The first-order valence-electron chi connectivity index (χ1n) is 8.25. The fourth-order valence-electron chi connectivity index (χ4n) is 2.27. The minimum atomic E-state index is 0.177. The average molecular weight is 299 g/mol. The molecule has 0 fully saturated rings. The van der Waals surface area contributed by atoms with Gasteiger partial charge in [-0.1, -0.05) is 58.0 Å². The minimum absolute atomic E-state index is 0.177. The van der Waals surface area contributed by atoms with Crippen LogP contribution in [0.2, 0.25) is 0 Å². The predicted molar refractivity (Wildman–Crippen MR) is 87.4 cm³/mol. The van der Waals surface area contributed by atoms with E-state index in [-0.39, 0.29) is 11.7 Å². The molecule has 0 saturated carbocycles. The molecule has 0 aliphatic rings. The van der Waals surface area contributed by atoms with Crippen molar-refractivity contribution in [3.63, 3.8) is 0 Å². The summed E-state index contributed by atoms with van der Waals surface area (Å²) in [6, 6.07) is 0. The summed E-state index contributed by atoms with van der Waals surface area (Å²) >= 11 is 0. The van der Waals surface area contributed by atoms with E-state index >= 15 is 0 Å². The van der Waals surface area contributed by atoms with Crippen LogP contribution >= 0.6 is 0 Å². The maximum atomic E-state index is 12.3. The minimum Gasteiger partial charge on any atom is -0.409 e. The number of rotatable bonds is 12. The Labute approximate surface area is 129 Å². The van der Waals surface area contributed by atoms with Crippen molar-refractivity contribution in [2.24, 2.45) is 16.8 Å². The number of hydrogen-bond donors (Lipinski definition) is 2. The van der Waals surface area contributed by atoms with Crippen LogP contribution in [-0.2, 0) is 4.79 Å². The molecule has 0 spiro atoms. The number of amidine groups is 1. The molecule has 0 atom stereocenters. The summed E-state index contributed by atoms with van der Waals surface area (Å²) in [5.41, 5.74) is 5.48. The second-order valence-electron chi connectivity index (χ2n) is 6.09. The summed E-state index contributed by atoms with van der Waals surface area (Å²) in [5, 5.41) is 11.5. The monoisotopic (exact) mass is 299 g/mol. The maximum absolute atomic E-state index is 12.3. The molecule has 0 bridgehead atoms. The molecule has 0 aromatic heterocycles. The second-order valence-corrected chi connectivity index (χ2v) is 6.09. The van der Waals surface area contributed by atoms with Gasteiger partial charge >= 0.3 is 0 Å². The van der Waals surface area contributed by atoms with Crippen molar-refractivity contribution in [2.45, 2.75) is 72.1 Å². The molecule has 0 aliphatic carbocycles. The molecule has 5 heteroatoms. The fraction of sp³-hybridized carbons (Fsp3) is 0.875. The van der Waals surface area contributed by atoms with Crippen LogP contribution in [0.4, 0.5) is 0 Å². The summed E-state index contributed by atoms with van der Waals surface area (Å²) in [5.74, 6) is 0.784. The molecule has 124 valence electrons. The van der Waals surface area contributed by atoms with E-state index < -0.39 is 0 Å². The smallest absolute Gasteiger partial charge is 0.222 e. The number of oxime groups is 1. The van der Waals surface area contributed by atoms with Crippen LogP contribution in [0.25, 0.3) is 0 Å². The van der Waals surface area contributed by atoms with E-state index in [4.69, 9.17) is 10.9 Å². The van der Waals surface area contributed by atoms with Crippen LogP contribution in [0.3, 0.4) is 0 Å². The Kier molecular flexibility index (Phi) is 11.7. The number of hydrogen-bond acceptors (Lipinski definition) is 3. The highest BCUT2D eigenvalue weighted by Crippen LogP contribution is 2.10. The molecule has 0 unspecified atom stereocenters. The lowest BCUT2D eigenvalue weighted by Gasteiger charge is -2.24. The highest BCUT2D eigenvalue weighted by Gasteiger charge is 2.14. The van der Waals surface area contributed by atoms with Crippen molar-refractivity contribution < 1.29 is 10.0 Å². The van der Waals surface area contributed by atoms with Crippen LogP contribution in [0.1, 0.15) is 72.1 Å². The van der Waals surface area contributed by atoms with E-state index in [0.717, 1.165) is 19.4 Å². The number of carbonyl (C=O) groups excluding carboxylic acids is 1. The topological polar surface area (TPSA) is 78.9 Å². The van der Waals surface area contributed by atoms with E-state index in [0.29, 0.717) is 25.3 Å². The van der Waals surface area contributed by atoms with Gasteiger partial charge in [-0.25, -0.2) is 0 Å². The van der Waals surface area contributed by atoms with E-state index in [1.807, 2.05) is 4.90 Å². The van der Waals surface area contributed by atoms with Gasteiger partial charge < -0.3 is 15.8 Å². The zero-order chi connectivity index (χ0) is 16.1. The molecule has 0 aliphatic heterocycles. The van der Waals surface area contributed by atoms with E-state index in [1.54, 1.807) is 0 Å². The first-order chi connectivity index (χ1) is 10.0. The molecule has 3 N–H and O–H groups in total. The zero-order valence-corrected chi connectivity index (χ0v) is 14.0. The summed E-state index contributed by atoms with van der Waals surface area (Å²) in [7, 11) is 0. The third-order valence-electron chi connectivity index (χ3n) is 3.45. The molecule has 0 saturated heterocycles. The lowest BCUT2D eigenvalue weighted by Crippen LogP contribution is -2.36. The number of nitrogens with two attached hydrogens (primary N) is 1. The van der Waals surface area contributed by atoms with Gasteiger partial charge in [-0.15, -0.1) is 0 Å². The first kappa shape index (κ1) is 19.7. The SMILES string of the molecule is CCCCCCCCC(=O)N(CCC(N)=NO)CC(C)C. The molecule has 21 heavy (non-hydrogen) atoms. The van der Waals surface area contributed by atoms with Gasteiger partial charge in [0, 0.05) is 25.9 Å². The Balaban J connectivity index is 4.07. The average Bonchev–Trinajstić information content (AvgIpc) is 2.46. The van der Waals surface area contributed by atoms with Crippen molar-refractivity contribution in [3.8, 4) is 0 Å². The highest BCUT2D eigenvalue weighted by molar-refractivity contribution is 5.81. The van der Waals surface area contributed by atoms with Gasteiger partial charge in [-0.2, -0.15) is 0 Å². The summed E-state index contributed by atoms with van der Waals surface area (Å²) in [6.07, 6.45) is 8.13. The second kappa shape index (κ2) is 12.5. The zero-order valence-electron chi connectivity index (χ0n) is 14.0. The first-order valence-corrected chi connectivity index (χ1v) is 8.25. The van der Waals surface area contributed by atoms with Gasteiger partial charge in [0.2, 0.25) is 5.91 Å². The molecule has 0 heterocycles. The van der Waals surface area contributed by atoms with Crippen molar-refractivity contribution in [3.05, 3.63) is 0 Å². The van der Waals surface area contributed by atoms with Crippen LogP contribution in [0, 0.1) is 5.92 Å². The van der Waals surface area contributed by atoms with Crippen LogP contribution in [0.5, 0.6) is 0 Å². The maximum Gasteiger partial charge on any atom is 0.222 e. The summed E-state index contributed by atoms with van der Waals surface area (Å²) in [6.45, 7) is 7.65. The molecule has 0 aromatic carbocycles. The Hall–Kier alpha value is -1.26. The quantitative estimate of drug-likeness (QED) is 0.191. The van der Waals surface area contributed by atoms with Crippen molar-refractivity contribution in [1.29, 1.82) is 0 Å². The van der Waals surface area contributed by atoms with Crippen molar-refractivity contribution in [2.75, 3.05) is 13.1 Å². The number of nitrogens with zero attached hydrogens (tertiary/aromatic N) is 2.